The molecular formula is C25H22N2O4. The maximum Gasteiger partial charge on any atom is 0.339 e. The van der Waals surface area contributed by atoms with Gasteiger partial charge in [-0.1, -0.05) is 18.2 Å². The van der Waals surface area contributed by atoms with Crippen LogP contribution in [0.3, 0.4) is 0 Å². The summed E-state index contributed by atoms with van der Waals surface area (Å²) in [4.78, 5) is 30.3. The largest absolute Gasteiger partial charge is 0.463 e. The van der Waals surface area contributed by atoms with Gasteiger partial charge in [-0.15, -0.1) is 0 Å². The summed E-state index contributed by atoms with van der Waals surface area (Å²) in [5, 5.41) is 0.669. The average molecular weight is 414 g/mol. The molecule has 3 heterocycles. The second-order valence-corrected chi connectivity index (χ2v) is 7.93. The minimum atomic E-state index is -0.559. The molecule has 4 aromatic rings. The molecule has 0 aliphatic heterocycles. The highest BCUT2D eigenvalue weighted by molar-refractivity contribution is 6.06. The molecule has 3 aromatic heterocycles. The molecule has 1 aliphatic rings. The molecule has 156 valence electrons. The molecule has 1 aromatic carbocycles. The molecule has 1 saturated carbocycles. The fourth-order valence-corrected chi connectivity index (χ4v) is 4.14. The van der Waals surface area contributed by atoms with Gasteiger partial charge in [0.15, 0.2) is 12.4 Å². The van der Waals surface area contributed by atoms with Gasteiger partial charge in [0.2, 0.25) is 5.78 Å². The summed E-state index contributed by atoms with van der Waals surface area (Å²) in [6.07, 6.45) is 3.85. The SMILES string of the molecule is Cc1cc(C(=O)COC(=O)c2cc(-c3ccco3)nc3ccccc23)c(C)n1C1CC1. The van der Waals surface area contributed by atoms with Crippen molar-refractivity contribution in [2.45, 2.75) is 32.7 Å². The number of aromatic nitrogens is 2. The summed E-state index contributed by atoms with van der Waals surface area (Å²) in [5.74, 6) is -0.197. The van der Waals surface area contributed by atoms with E-state index in [1.807, 2.05) is 44.2 Å². The van der Waals surface area contributed by atoms with Gasteiger partial charge in [-0.05, 0) is 57.0 Å². The zero-order valence-electron chi connectivity index (χ0n) is 17.4. The highest BCUT2D eigenvalue weighted by atomic mass is 16.5. The summed E-state index contributed by atoms with van der Waals surface area (Å²) < 4.78 is 13.1. The molecule has 0 unspecified atom stereocenters. The monoisotopic (exact) mass is 414 g/mol. The van der Waals surface area contributed by atoms with Gasteiger partial charge in [0.05, 0.1) is 17.3 Å². The van der Waals surface area contributed by atoms with E-state index in [2.05, 4.69) is 9.55 Å². The van der Waals surface area contributed by atoms with E-state index in [-0.39, 0.29) is 12.4 Å². The van der Waals surface area contributed by atoms with E-state index in [1.165, 1.54) is 0 Å². The highest BCUT2D eigenvalue weighted by Gasteiger charge is 2.28. The predicted octanol–water partition coefficient (Wildman–Crippen LogP) is 5.29. The second kappa shape index (κ2) is 7.54. The molecule has 0 amide bonds. The van der Waals surface area contributed by atoms with Gasteiger partial charge in [-0.25, -0.2) is 9.78 Å². The number of fused-ring (bicyclic) bond motifs is 1. The lowest BCUT2D eigenvalue weighted by atomic mass is 10.1. The van der Waals surface area contributed by atoms with Gasteiger partial charge in [0.1, 0.15) is 5.69 Å². The molecule has 1 fully saturated rings. The van der Waals surface area contributed by atoms with E-state index in [4.69, 9.17) is 9.15 Å². The molecule has 0 atom stereocenters. The number of nitrogens with zero attached hydrogens (tertiary/aromatic N) is 2. The van der Waals surface area contributed by atoms with E-state index < -0.39 is 5.97 Å². The smallest absolute Gasteiger partial charge is 0.339 e. The van der Waals surface area contributed by atoms with Crippen molar-refractivity contribution in [1.82, 2.24) is 9.55 Å². The maximum absolute atomic E-state index is 13.0. The van der Waals surface area contributed by atoms with E-state index >= 15 is 0 Å². The zero-order chi connectivity index (χ0) is 21.5. The number of hydrogen-bond acceptors (Lipinski definition) is 5. The van der Waals surface area contributed by atoms with Gasteiger partial charge in [0.25, 0.3) is 0 Å². The topological polar surface area (TPSA) is 74.3 Å². The molecule has 0 radical (unpaired) electrons. The van der Waals surface area contributed by atoms with E-state index in [9.17, 15) is 9.59 Å². The Labute approximate surface area is 179 Å². The molecule has 0 saturated heterocycles. The third-order valence-corrected chi connectivity index (χ3v) is 5.74. The maximum atomic E-state index is 13.0. The Morgan fingerprint density at radius 1 is 1.10 bits per heavy atom. The summed E-state index contributed by atoms with van der Waals surface area (Å²) in [5.41, 5.74) is 4.17. The number of Topliss-reactive ketones (excluding diaryl/α,β-unsaturated/α-hetero) is 1. The number of para-hydroxylation sites is 1. The number of carbonyl (C=O) groups is 2. The van der Waals surface area contributed by atoms with Crippen LogP contribution in [-0.2, 0) is 4.74 Å². The lowest BCUT2D eigenvalue weighted by molar-refractivity contribution is 0.0476. The third kappa shape index (κ3) is 3.54. The molecule has 6 heteroatoms. The summed E-state index contributed by atoms with van der Waals surface area (Å²) >= 11 is 0. The third-order valence-electron chi connectivity index (χ3n) is 5.74. The lowest BCUT2D eigenvalue weighted by Gasteiger charge is -2.10. The van der Waals surface area contributed by atoms with Crippen LogP contribution in [-0.4, -0.2) is 27.9 Å². The molecular weight excluding hydrogens is 392 g/mol. The predicted molar refractivity (Wildman–Crippen MR) is 116 cm³/mol. The molecule has 0 bridgehead atoms. The molecule has 1 aliphatic carbocycles. The first-order valence-corrected chi connectivity index (χ1v) is 10.4. The number of furan rings is 1. The standard InChI is InChI=1S/C25H22N2O4/c1-15-12-19(16(2)27(15)17-9-10-17)23(28)14-31-25(29)20-13-22(24-8-5-11-30-24)26-21-7-4-3-6-18(20)21/h3-8,11-13,17H,9-10,14H2,1-2H3. The minimum absolute atomic E-state index is 0.196. The van der Waals surface area contributed by atoms with Crippen LogP contribution in [0.2, 0.25) is 0 Å². The molecule has 0 N–H and O–H groups in total. The van der Waals surface area contributed by atoms with Crippen molar-refractivity contribution < 1.29 is 18.7 Å². The number of hydrogen-bond donors (Lipinski definition) is 0. The van der Waals surface area contributed by atoms with Crippen molar-refractivity contribution in [1.29, 1.82) is 0 Å². The molecule has 31 heavy (non-hydrogen) atoms. The number of rotatable bonds is 6. The van der Waals surface area contributed by atoms with E-state index in [0.717, 1.165) is 24.2 Å². The van der Waals surface area contributed by atoms with Crippen LogP contribution < -0.4 is 0 Å². The van der Waals surface area contributed by atoms with Crippen LogP contribution >= 0.6 is 0 Å². The number of pyridine rings is 1. The van der Waals surface area contributed by atoms with Crippen molar-refractivity contribution in [2.75, 3.05) is 6.61 Å². The van der Waals surface area contributed by atoms with Gasteiger partial charge in [0, 0.05) is 28.4 Å². The van der Waals surface area contributed by atoms with Crippen molar-refractivity contribution in [3.8, 4) is 11.5 Å². The Hall–Kier alpha value is -3.67. The van der Waals surface area contributed by atoms with Gasteiger partial charge in [-0.2, -0.15) is 0 Å². The number of benzene rings is 1. The molecule has 5 rings (SSSR count). The normalized spacial score (nSPS) is 13.5. The van der Waals surface area contributed by atoms with E-state index in [0.29, 0.717) is 39.5 Å². The van der Waals surface area contributed by atoms with Crippen molar-refractivity contribution in [2.24, 2.45) is 0 Å². The Kier molecular flexibility index (Phi) is 4.70. The van der Waals surface area contributed by atoms with Gasteiger partial charge in [-0.3, -0.25) is 4.79 Å². The molecule has 6 nitrogen and oxygen atoms in total. The Morgan fingerprint density at radius 2 is 1.90 bits per heavy atom. The lowest BCUT2D eigenvalue weighted by Crippen LogP contribution is -2.15. The fraction of sp³-hybridized carbons (Fsp3) is 0.240. The second-order valence-electron chi connectivity index (χ2n) is 7.93. The minimum Gasteiger partial charge on any atom is -0.463 e. The van der Waals surface area contributed by atoms with Crippen LogP contribution in [0.25, 0.3) is 22.4 Å². The van der Waals surface area contributed by atoms with Crippen LogP contribution in [0.4, 0.5) is 0 Å². The molecule has 0 spiro atoms. The van der Waals surface area contributed by atoms with Crippen LogP contribution in [0.1, 0.15) is 51.0 Å². The first kappa shape index (κ1) is 19.3. The van der Waals surface area contributed by atoms with Crippen LogP contribution in [0.5, 0.6) is 0 Å². The number of esters is 1. The number of carbonyl (C=O) groups excluding carboxylic acids is 2. The Balaban J connectivity index is 1.41. The van der Waals surface area contributed by atoms with Crippen LogP contribution in [0, 0.1) is 13.8 Å². The Morgan fingerprint density at radius 3 is 2.65 bits per heavy atom. The summed E-state index contributed by atoms with van der Waals surface area (Å²) in [6.45, 7) is 3.65. The van der Waals surface area contributed by atoms with Crippen molar-refractivity contribution in [3.63, 3.8) is 0 Å². The summed E-state index contributed by atoms with van der Waals surface area (Å²) in [6, 6.07) is 14.9. The van der Waals surface area contributed by atoms with Gasteiger partial charge < -0.3 is 13.7 Å². The quantitative estimate of drug-likeness (QED) is 0.317. The first-order chi connectivity index (χ1) is 15.0. The summed E-state index contributed by atoms with van der Waals surface area (Å²) in [7, 11) is 0. The Bertz CT molecular complexity index is 1300. The van der Waals surface area contributed by atoms with Crippen LogP contribution in [0.15, 0.2) is 59.2 Å². The van der Waals surface area contributed by atoms with Crippen molar-refractivity contribution in [3.05, 3.63) is 77.3 Å². The zero-order valence-corrected chi connectivity index (χ0v) is 17.4. The number of aryl methyl sites for hydroxylation is 1. The van der Waals surface area contributed by atoms with Crippen molar-refractivity contribution >= 4 is 22.7 Å². The highest BCUT2D eigenvalue weighted by Crippen LogP contribution is 2.38. The van der Waals surface area contributed by atoms with E-state index in [1.54, 1.807) is 24.5 Å². The van der Waals surface area contributed by atoms with Gasteiger partial charge >= 0.3 is 5.97 Å². The average Bonchev–Trinajstić information content (AvgIpc) is 3.35. The number of ketones is 1. The first-order valence-electron chi connectivity index (χ1n) is 10.4. The number of ether oxygens (including phenoxy) is 1. The fourth-order valence-electron chi connectivity index (χ4n) is 4.14.